The van der Waals surface area contributed by atoms with E-state index < -0.39 is 0 Å². The van der Waals surface area contributed by atoms with Gasteiger partial charge in [-0.3, -0.25) is 9.80 Å². The molecule has 1 heterocycles. The summed E-state index contributed by atoms with van der Waals surface area (Å²) in [7, 11) is 2.28. The standard InChI is InChI=1S/C16H33N3/c1-5-9-17-15-7-6-8-16(10-15)19-11-13(2)18(4)14(3)12-19/h13-17H,5-12H2,1-4H3. The van der Waals surface area contributed by atoms with Crippen molar-refractivity contribution in [1.29, 1.82) is 0 Å². The molecule has 2 fully saturated rings. The largest absolute Gasteiger partial charge is 0.314 e. The molecule has 2 aliphatic rings. The first-order valence-corrected chi connectivity index (χ1v) is 8.31. The van der Waals surface area contributed by atoms with Crippen LogP contribution >= 0.6 is 0 Å². The summed E-state index contributed by atoms with van der Waals surface area (Å²) in [6, 6.07) is 2.99. The summed E-state index contributed by atoms with van der Waals surface area (Å²) in [5.74, 6) is 0. The second-order valence-electron chi connectivity index (χ2n) is 6.79. The fourth-order valence-corrected chi connectivity index (χ4v) is 3.77. The van der Waals surface area contributed by atoms with Crippen LogP contribution in [0.15, 0.2) is 0 Å². The molecule has 1 aliphatic heterocycles. The van der Waals surface area contributed by atoms with Crippen molar-refractivity contribution < 1.29 is 0 Å². The maximum absolute atomic E-state index is 3.73. The van der Waals surface area contributed by atoms with Gasteiger partial charge in [-0.05, 0) is 53.1 Å². The monoisotopic (exact) mass is 267 g/mol. The highest BCUT2D eigenvalue weighted by molar-refractivity contribution is 4.90. The Kier molecular flexibility index (Phi) is 5.67. The van der Waals surface area contributed by atoms with E-state index in [0.717, 1.165) is 12.1 Å². The second kappa shape index (κ2) is 7.05. The number of nitrogens with zero attached hydrogens (tertiary/aromatic N) is 2. The van der Waals surface area contributed by atoms with Crippen molar-refractivity contribution in [2.45, 2.75) is 77.0 Å². The molecule has 0 bridgehead atoms. The zero-order chi connectivity index (χ0) is 13.8. The van der Waals surface area contributed by atoms with Crippen LogP contribution in [0.3, 0.4) is 0 Å². The molecular weight excluding hydrogens is 234 g/mol. The van der Waals surface area contributed by atoms with Gasteiger partial charge < -0.3 is 5.32 Å². The molecule has 1 saturated carbocycles. The lowest BCUT2D eigenvalue weighted by Gasteiger charge is -2.47. The number of rotatable bonds is 4. The van der Waals surface area contributed by atoms with E-state index >= 15 is 0 Å². The average Bonchev–Trinajstić information content (AvgIpc) is 2.42. The number of nitrogens with one attached hydrogen (secondary N) is 1. The zero-order valence-electron chi connectivity index (χ0n) is 13.4. The fraction of sp³-hybridized carbons (Fsp3) is 1.00. The molecule has 2 rings (SSSR count). The molecule has 4 unspecified atom stereocenters. The zero-order valence-corrected chi connectivity index (χ0v) is 13.4. The van der Waals surface area contributed by atoms with Crippen molar-refractivity contribution in [2.75, 3.05) is 26.7 Å². The van der Waals surface area contributed by atoms with Crippen LogP contribution in [0, 0.1) is 0 Å². The van der Waals surface area contributed by atoms with E-state index in [4.69, 9.17) is 0 Å². The highest BCUT2D eigenvalue weighted by Gasteiger charge is 2.33. The van der Waals surface area contributed by atoms with Crippen molar-refractivity contribution in [3.63, 3.8) is 0 Å². The van der Waals surface area contributed by atoms with Gasteiger partial charge in [-0.15, -0.1) is 0 Å². The summed E-state index contributed by atoms with van der Waals surface area (Å²) < 4.78 is 0. The smallest absolute Gasteiger partial charge is 0.0195 e. The number of hydrogen-bond donors (Lipinski definition) is 1. The molecule has 3 heteroatoms. The Bertz CT molecular complexity index is 257. The van der Waals surface area contributed by atoms with Gasteiger partial charge in [-0.1, -0.05) is 13.3 Å². The summed E-state index contributed by atoms with van der Waals surface area (Å²) in [4.78, 5) is 5.31. The molecule has 1 saturated heterocycles. The third kappa shape index (κ3) is 3.93. The van der Waals surface area contributed by atoms with Gasteiger partial charge >= 0.3 is 0 Å². The van der Waals surface area contributed by atoms with E-state index in [9.17, 15) is 0 Å². The lowest BCUT2D eigenvalue weighted by atomic mass is 9.88. The third-order valence-electron chi connectivity index (χ3n) is 5.23. The molecule has 112 valence electrons. The van der Waals surface area contributed by atoms with Crippen molar-refractivity contribution in [3.05, 3.63) is 0 Å². The number of likely N-dealkylation sites (N-methyl/N-ethyl adjacent to an activating group) is 1. The van der Waals surface area contributed by atoms with Crippen molar-refractivity contribution in [2.24, 2.45) is 0 Å². The Balaban J connectivity index is 1.87. The van der Waals surface area contributed by atoms with Crippen LogP contribution in [0.4, 0.5) is 0 Å². The summed E-state index contributed by atoms with van der Waals surface area (Å²) in [6.07, 6.45) is 6.82. The molecule has 3 nitrogen and oxygen atoms in total. The van der Waals surface area contributed by atoms with Gasteiger partial charge in [-0.2, -0.15) is 0 Å². The fourth-order valence-electron chi connectivity index (χ4n) is 3.77. The van der Waals surface area contributed by atoms with Crippen LogP contribution in [-0.2, 0) is 0 Å². The first-order valence-electron chi connectivity index (χ1n) is 8.31. The SMILES string of the molecule is CCCNC1CCCC(N2CC(C)N(C)C(C)C2)C1. The Morgan fingerprint density at radius 3 is 2.42 bits per heavy atom. The van der Waals surface area contributed by atoms with Gasteiger partial charge in [0.05, 0.1) is 0 Å². The van der Waals surface area contributed by atoms with Gasteiger partial charge in [0, 0.05) is 37.3 Å². The third-order valence-corrected chi connectivity index (χ3v) is 5.23. The maximum atomic E-state index is 3.73. The van der Waals surface area contributed by atoms with Gasteiger partial charge in [0.25, 0.3) is 0 Å². The van der Waals surface area contributed by atoms with Crippen LogP contribution < -0.4 is 5.32 Å². The van der Waals surface area contributed by atoms with Gasteiger partial charge in [0.15, 0.2) is 0 Å². The molecule has 0 radical (unpaired) electrons. The van der Waals surface area contributed by atoms with Crippen LogP contribution in [0.2, 0.25) is 0 Å². The summed E-state index contributed by atoms with van der Waals surface area (Å²) in [5.41, 5.74) is 0. The lowest BCUT2D eigenvalue weighted by Crippen LogP contribution is -2.58. The van der Waals surface area contributed by atoms with E-state index in [1.807, 2.05) is 0 Å². The van der Waals surface area contributed by atoms with Crippen molar-refractivity contribution in [1.82, 2.24) is 15.1 Å². The normalized spacial score (nSPS) is 38.5. The molecule has 19 heavy (non-hydrogen) atoms. The summed E-state index contributed by atoms with van der Waals surface area (Å²) in [6.45, 7) is 10.7. The Hall–Kier alpha value is -0.120. The molecule has 0 spiro atoms. The van der Waals surface area contributed by atoms with Gasteiger partial charge in [0.1, 0.15) is 0 Å². The summed E-state index contributed by atoms with van der Waals surface area (Å²) in [5, 5.41) is 3.73. The minimum Gasteiger partial charge on any atom is -0.314 e. The lowest BCUT2D eigenvalue weighted by molar-refractivity contribution is 0.0193. The molecule has 1 aliphatic carbocycles. The molecule has 4 atom stereocenters. The van der Waals surface area contributed by atoms with Gasteiger partial charge in [0.2, 0.25) is 0 Å². The second-order valence-corrected chi connectivity index (χ2v) is 6.79. The summed E-state index contributed by atoms with van der Waals surface area (Å²) >= 11 is 0. The molecule has 0 amide bonds. The average molecular weight is 267 g/mol. The van der Waals surface area contributed by atoms with E-state index in [-0.39, 0.29) is 0 Å². The van der Waals surface area contributed by atoms with Crippen molar-refractivity contribution >= 4 is 0 Å². The number of piperazine rings is 1. The molecular formula is C16H33N3. The van der Waals surface area contributed by atoms with E-state index in [0.29, 0.717) is 12.1 Å². The Morgan fingerprint density at radius 1 is 1.11 bits per heavy atom. The predicted molar refractivity (Wildman–Crippen MR) is 82.6 cm³/mol. The molecule has 0 aromatic carbocycles. The molecule has 0 aromatic heterocycles. The van der Waals surface area contributed by atoms with Crippen molar-refractivity contribution in [3.8, 4) is 0 Å². The van der Waals surface area contributed by atoms with E-state index in [1.165, 1.54) is 51.7 Å². The number of hydrogen-bond acceptors (Lipinski definition) is 3. The Morgan fingerprint density at radius 2 is 1.79 bits per heavy atom. The predicted octanol–water partition coefficient (Wildman–Crippen LogP) is 2.32. The molecule has 1 N–H and O–H groups in total. The minimum absolute atomic E-state index is 0.702. The Labute approximate surface area is 119 Å². The minimum atomic E-state index is 0.702. The van der Waals surface area contributed by atoms with E-state index in [2.05, 4.69) is 42.9 Å². The molecule has 0 aromatic rings. The quantitative estimate of drug-likeness (QED) is 0.843. The van der Waals surface area contributed by atoms with Crippen LogP contribution in [0.25, 0.3) is 0 Å². The first-order chi connectivity index (χ1) is 9.11. The van der Waals surface area contributed by atoms with Gasteiger partial charge in [-0.25, -0.2) is 0 Å². The van der Waals surface area contributed by atoms with Crippen LogP contribution in [-0.4, -0.2) is 60.6 Å². The highest BCUT2D eigenvalue weighted by atomic mass is 15.3. The van der Waals surface area contributed by atoms with Crippen LogP contribution in [0.5, 0.6) is 0 Å². The maximum Gasteiger partial charge on any atom is 0.0195 e. The van der Waals surface area contributed by atoms with E-state index in [1.54, 1.807) is 0 Å². The highest BCUT2D eigenvalue weighted by Crippen LogP contribution is 2.26. The topological polar surface area (TPSA) is 18.5 Å². The first kappa shape index (κ1) is 15.3. The van der Waals surface area contributed by atoms with Crippen LogP contribution in [0.1, 0.15) is 52.9 Å².